The van der Waals surface area contributed by atoms with Gasteiger partial charge in [-0.05, 0) is 55.0 Å². The van der Waals surface area contributed by atoms with Crippen LogP contribution in [0.1, 0.15) is 11.5 Å². The molecule has 5 aromatic rings. The minimum absolute atomic E-state index is 0.477. The normalized spacial score (nSPS) is 11.1. The number of benzene rings is 3. The first kappa shape index (κ1) is 20.5. The summed E-state index contributed by atoms with van der Waals surface area (Å²) < 4.78 is 7.90. The lowest BCUT2D eigenvalue weighted by Crippen LogP contribution is -2.02. The molecule has 0 fully saturated rings. The molecule has 0 aliphatic rings. The number of nitrogens with zero attached hydrogens (tertiary/aromatic N) is 5. The lowest BCUT2D eigenvalue weighted by molar-refractivity contribution is 0.528. The molecular formula is C24H18ClN5OS. The third-order valence-electron chi connectivity index (χ3n) is 4.90. The lowest BCUT2D eigenvalue weighted by Gasteiger charge is -2.12. The number of hydrogen-bond acceptors (Lipinski definition) is 6. The summed E-state index contributed by atoms with van der Waals surface area (Å²) in [5.41, 5.74) is 3.96. The zero-order chi connectivity index (χ0) is 21.9. The largest absolute Gasteiger partial charge is 0.420 e. The summed E-state index contributed by atoms with van der Waals surface area (Å²) >= 11 is 7.58. The van der Waals surface area contributed by atoms with E-state index < -0.39 is 0 Å². The zero-order valence-corrected chi connectivity index (χ0v) is 18.7. The van der Waals surface area contributed by atoms with E-state index in [1.807, 2.05) is 66.7 Å². The van der Waals surface area contributed by atoms with Crippen LogP contribution < -0.4 is 0 Å². The molecule has 0 saturated carbocycles. The molecule has 6 nitrogen and oxygen atoms in total. The maximum absolute atomic E-state index is 6.08. The molecule has 0 unspecified atom stereocenters. The van der Waals surface area contributed by atoms with Crippen molar-refractivity contribution in [3.63, 3.8) is 0 Å². The van der Waals surface area contributed by atoms with Crippen molar-refractivity contribution in [3.05, 3.63) is 95.3 Å². The highest BCUT2D eigenvalue weighted by atomic mass is 35.5. The highest BCUT2D eigenvalue weighted by molar-refractivity contribution is 7.98. The number of halogens is 1. The topological polar surface area (TPSA) is 69.6 Å². The fourth-order valence-corrected chi connectivity index (χ4v) is 4.22. The maximum Gasteiger partial charge on any atom is 0.247 e. The van der Waals surface area contributed by atoms with E-state index in [-0.39, 0.29) is 0 Å². The average molecular weight is 460 g/mol. The molecule has 0 saturated heterocycles. The minimum atomic E-state index is 0.477. The predicted molar refractivity (Wildman–Crippen MR) is 126 cm³/mol. The summed E-state index contributed by atoms with van der Waals surface area (Å²) in [5, 5.41) is 18.7. The molecule has 2 heterocycles. The molecule has 0 amide bonds. The fourth-order valence-electron chi connectivity index (χ4n) is 3.32. The standard InChI is InChI=1S/C24H18ClN5OS/c1-16-7-5-6-10-20(16)30-22(17-11-13-19(25)14-12-17)27-29-24(30)32-15-21-26-28-23(31-21)18-8-3-2-4-9-18/h2-14H,15H2,1H3. The van der Waals surface area contributed by atoms with Crippen molar-refractivity contribution in [2.45, 2.75) is 17.8 Å². The third kappa shape index (κ3) is 4.17. The highest BCUT2D eigenvalue weighted by Crippen LogP contribution is 2.31. The Morgan fingerprint density at radius 2 is 1.56 bits per heavy atom. The molecule has 0 aliphatic carbocycles. The van der Waals surface area contributed by atoms with Crippen molar-refractivity contribution in [2.75, 3.05) is 0 Å². The Morgan fingerprint density at radius 3 is 2.34 bits per heavy atom. The van der Waals surface area contributed by atoms with Gasteiger partial charge in [0.05, 0.1) is 11.4 Å². The van der Waals surface area contributed by atoms with Crippen molar-refractivity contribution in [1.82, 2.24) is 25.0 Å². The van der Waals surface area contributed by atoms with E-state index in [0.717, 1.165) is 33.4 Å². The second kappa shape index (κ2) is 8.98. The van der Waals surface area contributed by atoms with E-state index in [1.165, 1.54) is 11.8 Å². The molecule has 158 valence electrons. The molecule has 5 rings (SSSR count). The van der Waals surface area contributed by atoms with Crippen LogP contribution in [0.15, 0.2) is 88.4 Å². The van der Waals surface area contributed by atoms with E-state index >= 15 is 0 Å². The van der Waals surface area contributed by atoms with Gasteiger partial charge in [-0.2, -0.15) is 0 Å². The van der Waals surface area contributed by atoms with Crippen LogP contribution in [0.2, 0.25) is 5.02 Å². The first-order valence-corrected chi connectivity index (χ1v) is 11.3. The van der Waals surface area contributed by atoms with Gasteiger partial charge in [0, 0.05) is 16.1 Å². The molecule has 0 atom stereocenters. The first-order valence-electron chi connectivity index (χ1n) is 9.97. The van der Waals surface area contributed by atoms with Crippen LogP contribution in [-0.2, 0) is 5.75 Å². The van der Waals surface area contributed by atoms with Gasteiger partial charge in [0.15, 0.2) is 11.0 Å². The van der Waals surface area contributed by atoms with Crippen LogP contribution in [0.25, 0.3) is 28.5 Å². The van der Waals surface area contributed by atoms with Crippen molar-refractivity contribution in [3.8, 4) is 28.5 Å². The van der Waals surface area contributed by atoms with Crippen molar-refractivity contribution < 1.29 is 4.42 Å². The molecule has 3 aromatic carbocycles. The van der Waals surface area contributed by atoms with E-state index in [0.29, 0.717) is 22.6 Å². The van der Waals surface area contributed by atoms with Crippen LogP contribution in [-0.4, -0.2) is 25.0 Å². The van der Waals surface area contributed by atoms with Crippen LogP contribution in [0.5, 0.6) is 0 Å². The maximum atomic E-state index is 6.08. The lowest BCUT2D eigenvalue weighted by atomic mass is 10.1. The zero-order valence-electron chi connectivity index (χ0n) is 17.1. The number of rotatable bonds is 6. The Balaban J connectivity index is 1.47. The smallest absolute Gasteiger partial charge is 0.247 e. The fraction of sp³-hybridized carbons (Fsp3) is 0.0833. The molecule has 2 aromatic heterocycles. The molecule has 0 radical (unpaired) electrons. The van der Waals surface area contributed by atoms with Gasteiger partial charge in [-0.15, -0.1) is 20.4 Å². The van der Waals surface area contributed by atoms with Gasteiger partial charge in [0.2, 0.25) is 11.8 Å². The SMILES string of the molecule is Cc1ccccc1-n1c(SCc2nnc(-c3ccccc3)o2)nnc1-c1ccc(Cl)cc1. The van der Waals surface area contributed by atoms with Crippen molar-refractivity contribution in [1.29, 1.82) is 0 Å². The molecular weight excluding hydrogens is 442 g/mol. The van der Waals surface area contributed by atoms with Crippen LogP contribution in [0.4, 0.5) is 0 Å². The number of thioether (sulfide) groups is 1. The van der Waals surface area contributed by atoms with Crippen molar-refractivity contribution in [2.24, 2.45) is 0 Å². The summed E-state index contributed by atoms with van der Waals surface area (Å²) in [5.74, 6) is 2.25. The Bertz CT molecular complexity index is 1350. The summed E-state index contributed by atoms with van der Waals surface area (Å²) in [6.45, 7) is 2.07. The van der Waals surface area contributed by atoms with E-state index in [9.17, 15) is 0 Å². The summed E-state index contributed by atoms with van der Waals surface area (Å²) in [6, 6.07) is 25.5. The van der Waals surface area contributed by atoms with E-state index in [2.05, 4.69) is 44.0 Å². The van der Waals surface area contributed by atoms with Gasteiger partial charge in [0.25, 0.3) is 0 Å². The minimum Gasteiger partial charge on any atom is -0.420 e. The van der Waals surface area contributed by atoms with Crippen LogP contribution >= 0.6 is 23.4 Å². The number of aromatic nitrogens is 5. The van der Waals surface area contributed by atoms with Gasteiger partial charge in [-0.3, -0.25) is 4.57 Å². The number of para-hydroxylation sites is 1. The third-order valence-corrected chi connectivity index (χ3v) is 6.07. The van der Waals surface area contributed by atoms with Gasteiger partial charge in [0.1, 0.15) is 0 Å². The Morgan fingerprint density at radius 1 is 0.812 bits per heavy atom. The number of hydrogen-bond donors (Lipinski definition) is 0. The quantitative estimate of drug-likeness (QED) is 0.280. The van der Waals surface area contributed by atoms with Gasteiger partial charge in [-0.25, -0.2) is 0 Å². The Hall–Kier alpha value is -3.42. The van der Waals surface area contributed by atoms with Crippen LogP contribution in [0, 0.1) is 6.92 Å². The highest BCUT2D eigenvalue weighted by Gasteiger charge is 2.19. The molecule has 0 bridgehead atoms. The molecule has 8 heteroatoms. The van der Waals surface area contributed by atoms with Gasteiger partial charge >= 0.3 is 0 Å². The molecule has 0 aliphatic heterocycles. The van der Waals surface area contributed by atoms with Crippen molar-refractivity contribution >= 4 is 23.4 Å². The molecule has 0 N–H and O–H groups in total. The van der Waals surface area contributed by atoms with Gasteiger partial charge in [-0.1, -0.05) is 59.8 Å². The van der Waals surface area contributed by atoms with E-state index in [1.54, 1.807) is 0 Å². The average Bonchev–Trinajstić information content (AvgIpc) is 3.46. The summed E-state index contributed by atoms with van der Waals surface area (Å²) in [7, 11) is 0. The predicted octanol–water partition coefficient (Wildman–Crippen LogP) is 6.24. The Kier molecular flexibility index (Phi) is 5.75. The first-order chi connectivity index (χ1) is 15.7. The summed E-state index contributed by atoms with van der Waals surface area (Å²) in [4.78, 5) is 0. The molecule has 0 spiro atoms. The number of aryl methyl sites for hydroxylation is 1. The Labute approximate surface area is 194 Å². The summed E-state index contributed by atoms with van der Waals surface area (Å²) in [6.07, 6.45) is 0. The monoisotopic (exact) mass is 459 g/mol. The van der Waals surface area contributed by atoms with Crippen LogP contribution in [0.3, 0.4) is 0 Å². The van der Waals surface area contributed by atoms with Gasteiger partial charge < -0.3 is 4.42 Å². The molecule has 32 heavy (non-hydrogen) atoms. The second-order valence-electron chi connectivity index (χ2n) is 7.09. The second-order valence-corrected chi connectivity index (χ2v) is 8.47. The van der Waals surface area contributed by atoms with E-state index in [4.69, 9.17) is 16.0 Å².